The highest BCUT2D eigenvalue weighted by Gasteiger charge is 2.15. The highest BCUT2D eigenvalue weighted by molar-refractivity contribution is 6.44. The van der Waals surface area contributed by atoms with E-state index in [1.165, 1.54) is 0 Å². The monoisotopic (exact) mass is 227 g/mol. The fourth-order valence-electron chi connectivity index (χ4n) is 1.48. The summed E-state index contributed by atoms with van der Waals surface area (Å²) in [7, 11) is -0.0789. The third-order valence-corrected chi connectivity index (χ3v) is 2.27. The normalized spacial score (nSPS) is 11.9. The van der Waals surface area contributed by atoms with Gasteiger partial charge >= 0.3 is 7.12 Å². The maximum absolute atomic E-state index is 8.24. The zero-order chi connectivity index (χ0) is 12.2. The van der Waals surface area contributed by atoms with E-state index in [9.17, 15) is 0 Å². The Morgan fingerprint density at radius 1 is 1.25 bits per heavy atom. The predicted molar refractivity (Wildman–Crippen MR) is 66.3 cm³/mol. The van der Waals surface area contributed by atoms with Gasteiger partial charge in [0.1, 0.15) is 0 Å². The third kappa shape index (κ3) is 8.59. The van der Waals surface area contributed by atoms with Gasteiger partial charge in [-0.15, -0.1) is 0 Å². The molecule has 0 heterocycles. The smallest absolute Gasteiger partial charge is 0.411 e. The van der Waals surface area contributed by atoms with Gasteiger partial charge in [0.25, 0.3) is 0 Å². The number of nitrogens with zero attached hydrogens (tertiary/aromatic N) is 3. The zero-order valence-corrected chi connectivity index (χ0v) is 10.6. The lowest BCUT2D eigenvalue weighted by Crippen LogP contribution is -2.22. The van der Waals surface area contributed by atoms with Crippen LogP contribution in [0.1, 0.15) is 40.0 Å². The number of hydrogen-bond donors (Lipinski definition) is 0. The number of azide groups is 1. The Morgan fingerprint density at radius 2 is 1.88 bits per heavy atom. The number of rotatable bonds is 10. The van der Waals surface area contributed by atoms with Crippen LogP contribution in [0.3, 0.4) is 0 Å². The van der Waals surface area contributed by atoms with Crippen LogP contribution < -0.4 is 0 Å². The van der Waals surface area contributed by atoms with Gasteiger partial charge in [0.05, 0.1) is 0 Å². The molecule has 0 aliphatic heterocycles. The van der Waals surface area contributed by atoms with Crippen LogP contribution in [0.15, 0.2) is 5.11 Å². The first-order chi connectivity index (χ1) is 7.74. The lowest BCUT2D eigenvalue weighted by Gasteiger charge is -2.12. The Labute approximate surface area is 98.3 Å². The van der Waals surface area contributed by atoms with Crippen molar-refractivity contribution in [2.45, 2.75) is 52.4 Å². The Morgan fingerprint density at radius 3 is 2.38 bits per heavy atom. The molecule has 1 atom stereocenters. The SMILES string of the molecule is CCOB(CCCCC(C)N=[N+]=[N-])OCC. The van der Waals surface area contributed by atoms with Crippen LogP contribution >= 0.6 is 0 Å². The zero-order valence-electron chi connectivity index (χ0n) is 10.6. The van der Waals surface area contributed by atoms with Crippen LogP contribution in [0.4, 0.5) is 0 Å². The molecular weight excluding hydrogens is 205 g/mol. The van der Waals surface area contributed by atoms with Crippen molar-refractivity contribution < 1.29 is 9.31 Å². The molecule has 16 heavy (non-hydrogen) atoms. The topological polar surface area (TPSA) is 67.2 Å². The third-order valence-electron chi connectivity index (χ3n) is 2.27. The summed E-state index contributed by atoms with van der Waals surface area (Å²) < 4.78 is 10.9. The minimum atomic E-state index is -0.0789. The molecule has 5 nitrogen and oxygen atoms in total. The van der Waals surface area contributed by atoms with Crippen molar-refractivity contribution in [3.63, 3.8) is 0 Å². The quantitative estimate of drug-likeness (QED) is 0.188. The van der Waals surface area contributed by atoms with E-state index in [1.54, 1.807) is 0 Å². The van der Waals surface area contributed by atoms with Crippen molar-refractivity contribution in [3.8, 4) is 0 Å². The molecule has 0 aromatic rings. The molecule has 0 rings (SSSR count). The molecular formula is C10H22BN3O2. The molecule has 1 unspecified atom stereocenters. The fourth-order valence-corrected chi connectivity index (χ4v) is 1.48. The van der Waals surface area contributed by atoms with Crippen LogP contribution in [-0.4, -0.2) is 26.4 Å². The second-order valence-corrected chi connectivity index (χ2v) is 3.68. The van der Waals surface area contributed by atoms with Crippen molar-refractivity contribution in [1.82, 2.24) is 0 Å². The Balaban J connectivity index is 3.56. The summed E-state index contributed by atoms with van der Waals surface area (Å²) in [6.45, 7) is 7.23. The minimum absolute atomic E-state index is 0.0789. The summed E-state index contributed by atoms with van der Waals surface area (Å²) in [6.07, 6.45) is 3.91. The van der Waals surface area contributed by atoms with Gasteiger partial charge in [-0.1, -0.05) is 24.9 Å². The van der Waals surface area contributed by atoms with E-state index in [2.05, 4.69) is 10.0 Å². The Hall–Kier alpha value is -0.705. The molecule has 0 aromatic carbocycles. The number of hydrogen-bond acceptors (Lipinski definition) is 3. The Kier molecular flexibility index (Phi) is 10.3. The van der Waals surface area contributed by atoms with Crippen LogP contribution in [0.5, 0.6) is 0 Å². The van der Waals surface area contributed by atoms with Crippen LogP contribution in [-0.2, 0) is 9.31 Å². The second kappa shape index (κ2) is 10.8. The lowest BCUT2D eigenvalue weighted by molar-refractivity contribution is 0.212. The summed E-state index contributed by atoms with van der Waals surface area (Å²) in [5, 5.41) is 3.63. The summed E-state index contributed by atoms with van der Waals surface area (Å²) in [6, 6.07) is 0.0858. The molecule has 0 saturated carbocycles. The van der Waals surface area contributed by atoms with Crippen molar-refractivity contribution in [2.24, 2.45) is 5.11 Å². The average molecular weight is 227 g/mol. The van der Waals surface area contributed by atoms with Crippen LogP contribution in [0, 0.1) is 0 Å². The maximum Gasteiger partial charge on any atom is 0.456 e. The van der Waals surface area contributed by atoms with Gasteiger partial charge in [-0.05, 0) is 32.1 Å². The molecule has 0 N–H and O–H groups in total. The van der Waals surface area contributed by atoms with E-state index in [4.69, 9.17) is 14.8 Å². The summed E-state index contributed by atoms with van der Waals surface area (Å²) in [5.74, 6) is 0. The largest absolute Gasteiger partial charge is 0.456 e. The first kappa shape index (κ1) is 15.3. The van der Waals surface area contributed by atoms with Gasteiger partial charge in [0, 0.05) is 24.2 Å². The molecule has 0 bridgehead atoms. The minimum Gasteiger partial charge on any atom is -0.411 e. The van der Waals surface area contributed by atoms with Crippen LogP contribution in [0.25, 0.3) is 10.4 Å². The maximum atomic E-state index is 8.24. The number of unbranched alkanes of at least 4 members (excludes halogenated alkanes) is 1. The highest BCUT2D eigenvalue weighted by atomic mass is 16.6. The van der Waals surface area contributed by atoms with Gasteiger partial charge in [0.2, 0.25) is 0 Å². The molecule has 92 valence electrons. The first-order valence-electron chi connectivity index (χ1n) is 6.02. The van der Waals surface area contributed by atoms with Crippen LogP contribution in [0.2, 0.25) is 6.32 Å². The summed E-state index contributed by atoms with van der Waals surface area (Å²) in [4.78, 5) is 2.78. The van der Waals surface area contributed by atoms with E-state index in [1.807, 2.05) is 20.8 Å². The Bertz CT molecular complexity index is 204. The molecule has 0 aromatic heterocycles. The molecule has 0 spiro atoms. The van der Waals surface area contributed by atoms with Gasteiger partial charge in [-0.2, -0.15) is 0 Å². The van der Waals surface area contributed by atoms with E-state index < -0.39 is 0 Å². The fraction of sp³-hybridized carbons (Fsp3) is 1.00. The molecule has 0 radical (unpaired) electrons. The predicted octanol–water partition coefficient (Wildman–Crippen LogP) is 3.42. The van der Waals surface area contributed by atoms with Crippen molar-refractivity contribution in [1.29, 1.82) is 0 Å². The first-order valence-corrected chi connectivity index (χ1v) is 6.02. The van der Waals surface area contributed by atoms with Gasteiger partial charge in [-0.3, -0.25) is 0 Å². The van der Waals surface area contributed by atoms with E-state index >= 15 is 0 Å². The molecule has 0 fully saturated rings. The molecule has 0 aliphatic carbocycles. The highest BCUT2D eigenvalue weighted by Crippen LogP contribution is 2.10. The van der Waals surface area contributed by atoms with E-state index in [0.717, 1.165) is 25.6 Å². The second-order valence-electron chi connectivity index (χ2n) is 3.68. The van der Waals surface area contributed by atoms with Gasteiger partial charge in [-0.25, -0.2) is 0 Å². The van der Waals surface area contributed by atoms with Gasteiger partial charge < -0.3 is 9.31 Å². The average Bonchev–Trinajstić information content (AvgIpc) is 2.25. The standard InChI is InChI=1S/C10H22BN3O2/c1-4-15-11(16-5-2)9-7-6-8-10(3)13-14-12/h10H,4-9H2,1-3H3. The molecule has 6 heteroatoms. The van der Waals surface area contributed by atoms with E-state index in [0.29, 0.717) is 13.2 Å². The van der Waals surface area contributed by atoms with Gasteiger partial charge in [0.15, 0.2) is 0 Å². The lowest BCUT2D eigenvalue weighted by atomic mass is 9.81. The summed E-state index contributed by atoms with van der Waals surface area (Å²) in [5.41, 5.74) is 8.24. The van der Waals surface area contributed by atoms with E-state index in [-0.39, 0.29) is 13.2 Å². The summed E-state index contributed by atoms with van der Waals surface area (Å²) >= 11 is 0. The van der Waals surface area contributed by atoms with Crippen molar-refractivity contribution in [2.75, 3.05) is 13.2 Å². The molecule has 0 amide bonds. The van der Waals surface area contributed by atoms with Crippen molar-refractivity contribution in [3.05, 3.63) is 10.4 Å². The molecule has 0 aliphatic rings. The van der Waals surface area contributed by atoms with Crippen molar-refractivity contribution >= 4 is 7.12 Å². The molecule has 0 saturated heterocycles.